The maximum Gasteiger partial charge on any atom is 0.253 e. The molecule has 19 heavy (non-hydrogen) atoms. The van der Waals surface area contributed by atoms with Crippen LogP contribution in [0.25, 0.3) is 0 Å². The number of nitrogens with zero attached hydrogens (tertiary/aromatic N) is 2. The topological polar surface area (TPSA) is 46.9 Å². The van der Waals surface area contributed by atoms with Crippen LogP contribution in [-0.4, -0.2) is 22.1 Å². The van der Waals surface area contributed by atoms with Gasteiger partial charge in [-0.2, -0.15) is 0 Å². The lowest BCUT2D eigenvalue weighted by molar-refractivity contribution is 0.439. The summed E-state index contributed by atoms with van der Waals surface area (Å²) in [5, 5.41) is 3.59. The minimum absolute atomic E-state index is 0.0627. The molecule has 0 atom stereocenters. The average Bonchev–Trinajstić information content (AvgIpc) is 2.61. The number of hydrogen-bond acceptors (Lipinski definition) is 3. The molecule has 1 aliphatic carbocycles. The molecule has 4 heteroatoms. The number of aromatic nitrogens is 2. The van der Waals surface area contributed by atoms with Gasteiger partial charge in [-0.05, 0) is 26.7 Å². The van der Waals surface area contributed by atoms with Crippen LogP contribution in [0.2, 0.25) is 0 Å². The van der Waals surface area contributed by atoms with Crippen LogP contribution in [0.3, 0.4) is 0 Å². The van der Waals surface area contributed by atoms with Crippen LogP contribution in [0.4, 0.5) is 0 Å². The molecule has 1 fully saturated rings. The number of nitrogens with one attached hydrogen (secondary N) is 1. The van der Waals surface area contributed by atoms with Crippen molar-refractivity contribution in [2.24, 2.45) is 0 Å². The quantitative estimate of drug-likeness (QED) is 0.847. The molecular formula is C15H25N3O. The normalized spacial score (nSPS) is 17.4. The van der Waals surface area contributed by atoms with Gasteiger partial charge in [0.15, 0.2) is 0 Å². The monoisotopic (exact) mass is 263 g/mol. The fourth-order valence-corrected chi connectivity index (χ4v) is 2.90. The van der Waals surface area contributed by atoms with Gasteiger partial charge in [0.05, 0.1) is 0 Å². The van der Waals surface area contributed by atoms with Crippen molar-refractivity contribution < 1.29 is 0 Å². The van der Waals surface area contributed by atoms with Crippen LogP contribution in [0.1, 0.15) is 50.0 Å². The van der Waals surface area contributed by atoms with E-state index in [-0.39, 0.29) is 5.56 Å². The van der Waals surface area contributed by atoms with E-state index in [1.165, 1.54) is 38.5 Å². The highest BCUT2D eigenvalue weighted by molar-refractivity contribution is 5.01. The lowest BCUT2D eigenvalue weighted by atomic mass is 10.1. The molecule has 1 aromatic rings. The zero-order valence-electron chi connectivity index (χ0n) is 12.1. The molecule has 0 saturated heterocycles. The van der Waals surface area contributed by atoms with Crippen molar-refractivity contribution in [3.63, 3.8) is 0 Å². The molecule has 1 heterocycles. The fourth-order valence-electron chi connectivity index (χ4n) is 2.90. The van der Waals surface area contributed by atoms with E-state index in [4.69, 9.17) is 0 Å². The van der Waals surface area contributed by atoms with E-state index < -0.39 is 0 Å². The standard InChI is InChI=1S/C15H25N3O/c1-12-11-15(19)18(13(2)17-12)10-9-16-14-7-5-3-4-6-8-14/h11,14,16H,3-10H2,1-2H3. The summed E-state index contributed by atoms with van der Waals surface area (Å²) in [6, 6.07) is 2.25. The van der Waals surface area contributed by atoms with Crippen molar-refractivity contribution in [2.75, 3.05) is 6.54 Å². The highest BCUT2D eigenvalue weighted by Gasteiger charge is 2.11. The van der Waals surface area contributed by atoms with Crippen LogP contribution in [-0.2, 0) is 6.54 Å². The molecule has 0 spiro atoms. The van der Waals surface area contributed by atoms with E-state index in [0.29, 0.717) is 12.6 Å². The number of hydrogen-bond donors (Lipinski definition) is 1. The Labute approximate surface area is 115 Å². The van der Waals surface area contributed by atoms with E-state index >= 15 is 0 Å². The highest BCUT2D eigenvalue weighted by Crippen LogP contribution is 2.16. The van der Waals surface area contributed by atoms with Crippen LogP contribution in [0, 0.1) is 13.8 Å². The summed E-state index contributed by atoms with van der Waals surface area (Å²) < 4.78 is 1.76. The summed E-state index contributed by atoms with van der Waals surface area (Å²) in [4.78, 5) is 16.2. The predicted octanol–water partition coefficient (Wildman–Crippen LogP) is 2.17. The first-order chi connectivity index (χ1) is 9.16. The smallest absolute Gasteiger partial charge is 0.253 e. The summed E-state index contributed by atoms with van der Waals surface area (Å²) in [5.41, 5.74) is 0.864. The highest BCUT2D eigenvalue weighted by atomic mass is 16.1. The molecular weight excluding hydrogens is 238 g/mol. The van der Waals surface area contributed by atoms with Gasteiger partial charge in [-0.3, -0.25) is 9.36 Å². The van der Waals surface area contributed by atoms with Gasteiger partial charge >= 0.3 is 0 Å². The lowest BCUT2D eigenvalue weighted by Gasteiger charge is -2.17. The second-order valence-corrected chi connectivity index (χ2v) is 5.58. The number of aryl methyl sites for hydroxylation is 2. The minimum atomic E-state index is 0.0627. The molecule has 1 aromatic heterocycles. The van der Waals surface area contributed by atoms with Gasteiger partial charge in [0, 0.05) is 30.9 Å². The molecule has 0 aromatic carbocycles. The maximum atomic E-state index is 11.9. The molecule has 0 radical (unpaired) electrons. The van der Waals surface area contributed by atoms with Crippen LogP contribution < -0.4 is 10.9 Å². The predicted molar refractivity (Wildman–Crippen MR) is 77.5 cm³/mol. The Balaban J connectivity index is 1.87. The van der Waals surface area contributed by atoms with Gasteiger partial charge in [0.25, 0.3) is 5.56 Å². The second-order valence-electron chi connectivity index (χ2n) is 5.58. The molecule has 4 nitrogen and oxygen atoms in total. The van der Waals surface area contributed by atoms with Crippen molar-refractivity contribution in [3.05, 3.63) is 27.9 Å². The van der Waals surface area contributed by atoms with Gasteiger partial charge in [-0.25, -0.2) is 4.98 Å². The maximum absolute atomic E-state index is 11.9. The van der Waals surface area contributed by atoms with E-state index in [1.807, 2.05) is 13.8 Å². The van der Waals surface area contributed by atoms with Crippen LogP contribution in [0.5, 0.6) is 0 Å². The molecule has 106 valence electrons. The molecule has 0 aliphatic heterocycles. The van der Waals surface area contributed by atoms with Gasteiger partial charge in [0.1, 0.15) is 5.82 Å². The SMILES string of the molecule is Cc1cc(=O)n(CCNC2CCCCCC2)c(C)n1. The fraction of sp³-hybridized carbons (Fsp3) is 0.733. The van der Waals surface area contributed by atoms with Gasteiger partial charge < -0.3 is 5.32 Å². The van der Waals surface area contributed by atoms with Crippen molar-refractivity contribution in [2.45, 2.75) is 65.0 Å². The first-order valence-electron chi connectivity index (χ1n) is 7.45. The van der Waals surface area contributed by atoms with Crippen LogP contribution in [0.15, 0.2) is 10.9 Å². The van der Waals surface area contributed by atoms with E-state index in [9.17, 15) is 4.79 Å². The molecule has 2 rings (SSSR count). The molecule has 1 N–H and O–H groups in total. The van der Waals surface area contributed by atoms with Crippen molar-refractivity contribution in [1.29, 1.82) is 0 Å². The summed E-state index contributed by atoms with van der Waals surface area (Å²) in [5.74, 6) is 0.813. The van der Waals surface area contributed by atoms with Gasteiger partial charge in [-0.15, -0.1) is 0 Å². The Hall–Kier alpha value is -1.16. The third kappa shape index (κ3) is 4.16. The summed E-state index contributed by atoms with van der Waals surface area (Å²) >= 11 is 0. The Morgan fingerprint density at radius 2 is 1.95 bits per heavy atom. The summed E-state index contributed by atoms with van der Waals surface area (Å²) in [6.45, 7) is 5.34. The summed E-state index contributed by atoms with van der Waals surface area (Å²) in [7, 11) is 0. The third-order valence-corrected chi connectivity index (χ3v) is 3.95. The van der Waals surface area contributed by atoms with Gasteiger partial charge in [0.2, 0.25) is 0 Å². The number of rotatable bonds is 4. The van der Waals surface area contributed by atoms with E-state index in [0.717, 1.165) is 18.1 Å². The third-order valence-electron chi connectivity index (χ3n) is 3.95. The molecule has 0 amide bonds. The zero-order valence-corrected chi connectivity index (χ0v) is 12.1. The first kappa shape index (κ1) is 14.3. The Morgan fingerprint density at radius 3 is 2.58 bits per heavy atom. The summed E-state index contributed by atoms with van der Waals surface area (Å²) in [6.07, 6.45) is 7.97. The second kappa shape index (κ2) is 6.85. The van der Waals surface area contributed by atoms with Crippen molar-refractivity contribution >= 4 is 0 Å². The molecule has 1 aliphatic rings. The molecule has 0 bridgehead atoms. The molecule has 0 unspecified atom stereocenters. The zero-order chi connectivity index (χ0) is 13.7. The Kier molecular flexibility index (Phi) is 5.14. The largest absolute Gasteiger partial charge is 0.312 e. The molecule has 1 saturated carbocycles. The van der Waals surface area contributed by atoms with Crippen LogP contribution >= 0.6 is 0 Å². The van der Waals surface area contributed by atoms with E-state index in [2.05, 4.69) is 10.3 Å². The first-order valence-corrected chi connectivity index (χ1v) is 7.45. The Bertz CT molecular complexity index is 459. The van der Waals surface area contributed by atoms with Crippen molar-refractivity contribution in [1.82, 2.24) is 14.9 Å². The van der Waals surface area contributed by atoms with E-state index in [1.54, 1.807) is 10.6 Å². The average molecular weight is 263 g/mol. The van der Waals surface area contributed by atoms with Crippen molar-refractivity contribution in [3.8, 4) is 0 Å². The lowest BCUT2D eigenvalue weighted by Crippen LogP contribution is -2.34. The van der Waals surface area contributed by atoms with Gasteiger partial charge in [-0.1, -0.05) is 25.7 Å². The minimum Gasteiger partial charge on any atom is -0.312 e. The Morgan fingerprint density at radius 1 is 1.26 bits per heavy atom.